The third kappa shape index (κ3) is 5.53. The number of benzene rings is 2. The lowest BCUT2D eigenvalue weighted by Gasteiger charge is -2.29. The van der Waals surface area contributed by atoms with Crippen LogP contribution in [0, 0.1) is 0 Å². The normalized spacial score (nSPS) is 13.7. The van der Waals surface area contributed by atoms with Gasteiger partial charge < -0.3 is 20.1 Å². The SMILES string of the molecule is CCCCOc1ccc(N2CCCCC2)cc1C(=O)Nc1cc(Br)ccc1C(=O)O. The van der Waals surface area contributed by atoms with Crippen molar-refractivity contribution in [3.63, 3.8) is 0 Å². The van der Waals surface area contributed by atoms with Gasteiger partial charge in [0.25, 0.3) is 5.91 Å². The Hall–Kier alpha value is -2.54. The average molecular weight is 475 g/mol. The van der Waals surface area contributed by atoms with Crippen molar-refractivity contribution in [1.82, 2.24) is 0 Å². The van der Waals surface area contributed by atoms with Gasteiger partial charge in [0.1, 0.15) is 5.75 Å². The molecule has 0 bridgehead atoms. The van der Waals surface area contributed by atoms with Crippen LogP contribution < -0.4 is 15.0 Å². The number of carbonyl (C=O) groups excluding carboxylic acids is 1. The van der Waals surface area contributed by atoms with Crippen LogP contribution in [-0.2, 0) is 0 Å². The summed E-state index contributed by atoms with van der Waals surface area (Å²) in [4.78, 5) is 27.0. The van der Waals surface area contributed by atoms with Crippen molar-refractivity contribution >= 4 is 39.2 Å². The average Bonchev–Trinajstić information content (AvgIpc) is 2.74. The van der Waals surface area contributed by atoms with Gasteiger partial charge >= 0.3 is 5.97 Å². The zero-order valence-electron chi connectivity index (χ0n) is 17.1. The highest BCUT2D eigenvalue weighted by molar-refractivity contribution is 9.10. The monoisotopic (exact) mass is 474 g/mol. The maximum Gasteiger partial charge on any atom is 0.337 e. The molecule has 2 N–H and O–H groups in total. The Bertz CT molecular complexity index is 910. The first-order chi connectivity index (χ1) is 14.5. The topological polar surface area (TPSA) is 78.9 Å². The first-order valence-corrected chi connectivity index (χ1v) is 11.1. The Balaban J connectivity index is 1.91. The van der Waals surface area contributed by atoms with Gasteiger partial charge in [-0.25, -0.2) is 4.79 Å². The molecule has 30 heavy (non-hydrogen) atoms. The van der Waals surface area contributed by atoms with E-state index in [1.54, 1.807) is 12.1 Å². The smallest absolute Gasteiger partial charge is 0.337 e. The van der Waals surface area contributed by atoms with Crippen LogP contribution in [0.25, 0.3) is 0 Å². The molecular formula is C23H27BrN2O4. The van der Waals surface area contributed by atoms with Gasteiger partial charge in [-0.2, -0.15) is 0 Å². The third-order valence-electron chi connectivity index (χ3n) is 5.14. The molecule has 1 fully saturated rings. The van der Waals surface area contributed by atoms with Gasteiger partial charge in [0.15, 0.2) is 0 Å². The van der Waals surface area contributed by atoms with Gasteiger partial charge in [0, 0.05) is 23.2 Å². The first-order valence-electron chi connectivity index (χ1n) is 10.4. The standard InChI is InChI=1S/C23H27BrN2O4/c1-2-3-13-30-21-10-8-17(26-11-5-4-6-12-26)15-19(21)22(27)25-20-14-16(24)7-9-18(20)23(28)29/h7-10,14-15H,2-6,11-13H2,1H3,(H,25,27)(H,28,29). The molecule has 0 radical (unpaired) electrons. The Labute approximate surface area is 185 Å². The lowest BCUT2D eigenvalue weighted by molar-refractivity contribution is 0.0698. The fourth-order valence-corrected chi connectivity index (χ4v) is 3.85. The molecule has 1 aliphatic rings. The van der Waals surface area contributed by atoms with Crippen LogP contribution >= 0.6 is 15.9 Å². The number of nitrogens with one attached hydrogen (secondary N) is 1. The minimum atomic E-state index is -1.10. The zero-order valence-corrected chi connectivity index (χ0v) is 18.7. The van der Waals surface area contributed by atoms with E-state index in [4.69, 9.17) is 4.74 Å². The molecule has 160 valence electrons. The second kappa shape index (κ2) is 10.5. The number of hydrogen-bond acceptors (Lipinski definition) is 4. The van der Waals surface area contributed by atoms with E-state index in [1.165, 1.54) is 12.5 Å². The van der Waals surface area contributed by atoms with Crippen LogP contribution in [-0.4, -0.2) is 36.7 Å². The molecule has 1 saturated heterocycles. The number of piperidine rings is 1. The highest BCUT2D eigenvalue weighted by atomic mass is 79.9. The number of unbranched alkanes of at least 4 members (excludes halogenated alkanes) is 1. The van der Waals surface area contributed by atoms with Crippen molar-refractivity contribution in [2.75, 3.05) is 29.9 Å². The number of carboxylic acids is 1. The molecule has 0 atom stereocenters. The predicted molar refractivity (Wildman–Crippen MR) is 122 cm³/mol. The number of anilines is 2. The summed E-state index contributed by atoms with van der Waals surface area (Å²) in [5, 5.41) is 12.2. The number of carbonyl (C=O) groups is 2. The van der Waals surface area contributed by atoms with Crippen molar-refractivity contribution in [1.29, 1.82) is 0 Å². The number of carboxylic acid groups (broad SMARTS) is 1. The first kappa shape index (κ1) is 22.2. The molecular weight excluding hydrogens is 448 g/mol. The summed E-state index contributed by atoms with van der Waals surface area (Å²) >= 11 is 3.34. The van der Waals surface area contributed by atoms with Crippen molar-refractivity contribution < 1.29 is 19.4 Å². The number of amides is 1. The molecule has 1 aliphatic heterocycles. The van der Waals surface area contributed by atoms with Crippen LogP contribution in [0.3, 0.4) is 0 Å². The Morgan fingerprint density at radius 2 is 1.87 bits per heavy atom. The van der Waals surface area contributed by atoms with E-state index < -0.39 is 5.97 Å². The molecule has 1 heterocycles. The highest BCUT2D eigenvalue weighted by Gasteiger charge is 2.20. The van der Waals surface area contributed by atoms with E-state index in [9.17, 15) is 14.7 Å². The minimum absolute atomic E-state index is 0.0344. The molecule has 6 nitrogen and oxygen atoms in total. The summed E-state index contributed by atoms with van der Waals surface area (Å²) in [7, 11) is 0. The van der Waals surface area contributed by atoms with Gasteiger partial charge in [0.2, 0.25) is 0 Å². The molecule has 3 rings (SSSR count). The zero-order chi connectivity index (χ0) is 21.5. The fourth-order valence-electron chi connectivity index (χ4n) is 3.49. The summed E-state index contributed by atoms with van der Waals surface area (Å²) in [5.41, 5.74) is 1.66. The van der Waals surface area contributed by atoms with E-state index in [0.29, 0.717) is 22.4 Å². The van der Waals surface area contributed by atoms with E-state index in [2.05, 4.69) is 33.1 Å². The predicted octanol–water partition coefficient (Wildman–Crippen LogP) is 5.57. The van der Waals surface area contributed by atoms with Crippen LogP contribution in [0.15, 0.2) is 40.9 Å². The Morgan fingerprint density at radius 3 is 2.57 bits per heavy atom. The number of halogens is 1. The van der Waals surface area contributed by atoms with Crippen LogP contribution in [0.4, 0.5) is 11.4 Å². The Morgan fingerprint density at radius 1 is 1.10 bits per heavy atom. The maximum absolute atomic E-state index is 13.2. The summed E-state index contributed by atoms with van der Waals surface area (Å²) in [5.74, 6) is -0.978. The maximum atomic E-state index is 13.2. The van der Waals surface area contributed by atoms with E-state index in [-0.39, 0.29) is 17.2 Å². The molecule has 0 aliphatic carbocycles. The molecule has 2 aromatic carbocycles. The molecule has 0 spiro atoms. The molecule has 7 heteroatoms. The summed E-state index contributed by atoms with van der Waals surface area (Å²) in [6, 6.07) is 10.4. The lowest BCUT2D eigenvalue weighted by Crippen LogP contribution is -2.29. The quantitative estimate of drug-likeness (QED) is 0.488. The van der Waals surface area contributed by atoms with Crippen LogP contribution in [0.1, 0.15) is 59.7 Å². The second-order valence-electron chi connectivity index (χ2n) is 7.38. The van der Waals surface area contributed by atoms with Crippen molar-refractivity contribution in [3.8, 4) is 5.75 Å². The second-order valence-corrected chi connectivity index (χ2v) is 8.30. The van der Waals surface area contributed by atoms with Gasteiger partial charge in [-0.3, -0.25) is 4.79 Å². The van der Waals surface area contributed by atoms with Gasteiger partial charge in [-0.15, -0.1) is 0 Å². The van der Waals surface area contributed by atoms with Gasteiger partial charge in [-0.1, -0.05) is 29.3 Å². The molecule has 2 aromatic rings. The van der Waals surface area contributed by atoms with E-state index >= 15 is 0 Å². The third-order valence-corrected chi connectivity index (χ3v) is 5.64. The molecule has 0 saturated carbocycles. The summed E-state index contributed by atoms with van der Waals surface area (Å²) in [6.45, 7) is 4.53. The van der Waals surface area contributed by atoms with Crippen molar-refractivity contribution in [2.45, 2.75) is 39.0 Å². The van der Waals surface area contributed by atoms with E-state index in [1.807, 2.05) is 18.2 Å². The fraction of sp³-hybridized carbons (Fsp3) is 0.391. The van der Waals surface area contributed by atoms with E-state index in [0.717, 1.165) is 44.5 Å². The van der Waals surface area contributed by atoms with Gasteiger partial charge in [0.05, 0.1) is 23.4 Å². The number of hydrogen-bond donors (Lipinski definition) is 2. The molecule has 1 amide bonds. The Kier molecular flexibility index (Phi) is 7.74. The minimum Gasteiger partial charge on any atom is -0.493 e. The molecule has 0 aromatic heterocycles. The largest absolute Gasteiger partial charge is 0.493 e. The number of nitrogens with zero attached hydrogens (tertiary/aromatic N) is 1. The highest BCUT2D eigenvalue weighted by Crippen LogP contribution is 2.29. The summed E-state index contributed by atoms with van der Waals surface area (Å²) < 4.78 is 6.56. The lowest BCUT2D eigenvalue weighted by atomic mass is 10.1. The number of rotatable bonds is 8. The molecule has 0 unspecified atom stereocenters. The van der Waals surface area contributed by atoms with Gasteiger partial charge in [-0.05, 0) is 62.1 Å². The number of ether oxygens (including phenoxy) is 1. The van der Waals surface area contributed by atoms with Crippen LogP contribution in [0.5, 0.6) is 5.75 Å². The summed E-state index contributed by atoms with van der Waals surface area (Å²) in [6.07, 6.45) is 5.38. The number of aromatic carboxylic acids is 1. The van der Waals surface area contributed by atoms with Crippen molar-refractivity contribution in [2.24, 2.45) is 0 Å². The van der Waals surface area contributed by atoms with Crippen LogP contribution in [0.2, 0.25) is 0 Å². The van der Waals surface area contributed by atoms with Crippen molar-refractivity contribution in [3.05, 3.63) is 52.0 Å².